The molecule has 0 radical (unpaired) electrons. The topological polar surface area (TPSA) is 53.4 Å². The molecule has 0 N–H and O–H groups in total. The number of carbonyl (C=O) groups is 1. The van der Waals surface area contributed by atoms with E-state index in [1.165, 1.54) is 0 Å². The van der Waals surface area contributed by atoms with Crippen molar-refractivity contribution in [2.75, 3.05) is 6.61 Å². The number of fused-ring (bicyclic) bond motifs is 1. The summed E-state index contributed by atoms with van der Waals surface area (Å²) < 4.78 is 14.5. The summed E-state index contributed by atoms with van der Waals surface area (Å²) in [6.07, 6.45) is 1.71. The van der Waals surface area contributed by atoms with E-state index in [4.69, 9.17) is 9.47 Å². The van der Waals surface area contributed by atoms with Crippen LogP contribution in [0.4, 0.5) is 0 Å². The molecule has 130 valence electrons. The summed E-state index contributed by atoms with van der Waals surface area (Å²) in [5.41, 5.74) is 1.32. The second kappa shape index (κ2) is 7.97. The zero-order valence-corrected chi connectivity index (χ0v) is 17.7. The molecule has 0 saturated heterocycles. The molecular weight excluding hydrogens is 487 g/mol. The molecule has 7 heteroatoms. The van der Waals surface area contributed by atoms with Crippen LogP contribution in [0, 0.1) is 3.70 Å². The highest BCUT2D eigenvalue weighted by Crippen LogP contribution is 2.29. The van der Waals surface area contributed by atoms with Gasteiger partial charge < -0.3 is 9.47 Å². The molecular formula is C17H20BrIN2O3. The monoisotopic (exact) mass is 506 g/mol. The van der Waals surface area contributed by atoms with Gasteiger partial charge in [-0.2, -0.15) is 5.10 Å². The second-order valence-corrected chi connectivity index (χ2v) is 8.24. The molecule has 1 aromatic heterocycles. The Labute approximate surface area is 163 Å². The molecule has 2 rings (SSSR count). The zero-order valence-electron chi connectivity index (χ0n) is 13.9. The van der Waals surface area contributed by atoms with Gasteiger partial charge in [0.1, 0.15) is 15.8 Å². The summed E-state index contributed by atoms with van der Waals surface area (Å²) in [5.74, 6) is -0.316. The van der Waals surface area contributed by atoms with Crippen LogP contribution in [0.25, 0.3) is 10.9 Å². The molecule has 0 saturated carbocycles. The minimum Gasteiger partial charge on any atom is -0.459 e. The number of benzene rings is 1. The fraction of sp³-hybridized carbons (Fsp3) is 0.412. The van der Waals surface area contributed by atoms with Crippen LogP contribution in [0.15, 0.2) is 29.3 Å². The summed E-state index contributed by atoms with van der Waals surface area (Å²) >= 11 is 5.69. The molecule has 0 bridgehead atoms. The molecule has 1 heterocycles. The van der Waals surface area contributed by atoms with Crippen LogP contribution in [0.5, 0.6) is 0 Å². The van der Waals surface area contributed by atoms with Crippen LogP contribution in [-0.4, -0.2) is 28.0 Å². The Bertz CT molecular complexity index is 765. The van der Waals surface area contributed by atoms with Crippen LogP contribution in [0.1, 0.15) is 26.3 Å². The molecule has 0 unspecified atom stereocenters. The molecule has 1 aromatic carbocycles. The van der Waals surface area contributed by atoms with Gasteiger partial charge in [-0.15, -0.1) is 6.58 Å². The quantitative estimate of drug-likeness (QED) is 0.251. The number of halogens is 2. The predicted octanol–water partition coefficient (Wildman–Crippen LogP) is 4.45. The molecule has 0 aliphatic rings. The minimum absolute atomic E-state index is 0.0624. The molecule has 5 nitrogen and oxygen atoms in total. The predicted molar refractivity (Wildman–Crippen MR) is 106 cm³/mol. The third-order valence-electron chi connectivity index (χ3n) is 3.03. The van der Waals surface area contributed by atoms with Crippen molar-refractivity contribution in [2.45, 2.75) is 39.5 Å². The molecule has 24 heavy (non-hydrogen) atoms. The summed E-state index contributed by atoms with van der Waals surface area (Å²) in [6, 6.07) is 3.97. The van der Waals surface area contributed by atoms with E-state index in [2.05, 4.69) is 50.2 Å². The van der Waals surface area contributed by atoms with Gasteiger partial charge in [0.25, 0.3) is 0 Å². The molecule has 0 amide bonds. The zero-order chi connectivity index (χ0) is 17.9. The molecule has 0 aliphatic carbocycles. The minimum atomic E-state index is -0.522. The number of nitrogens with zero attached hydrogens (tertiary/aromatic N) is 2. The fourth-order valence-corrected chi connectivity index (χ4v) is 3.48. The first-order chi connectivity index (χ1) is 11.2. The lowest BCUT2D eigenvalue weighted by molar-refractivity contribution is -0.155. The van der Waals surface area contributed by atoms with Crippen LogP contribution < -0.4 is 0 Å². The molecule has 2 aromatic rings. The number of esters is 1. The van der Waals surface area contributed by atoms with Crippen molar-refractivity contribution in [3.63, 3.8) is 0 Å². The van der Waals surface area contributed by atoms with E-state index in [1.807, 2.05) is 32.9 Å². The second-order valence-electron chi connectivity index (χ2n) is 6.30. The van der Waals surface area contributed by atoms with Gasteiger partial charge in [0.05, 0.1) is 18.7 Å². The summed E-state index contributed by atoms with van der Waals surface area (Å²) in [7, 11) is 0. The maximum atomic E-state index is 12.2. The first kappa shape index (κ1) is 19.4. The van der Waals surface area contributed by atoms with Crippen molar-refractivity contribution in [3.05, 3.63) is 38.5 Å². The third-order valence-corrected chi connectivity index (χ3v) is 4.29. The summed E-state index contributed by atoms with van der Waals surface area (Å²) in [6.45, 7) is 10.1. The van der Waals surface area contributed by atoms with Gasteiger partial charge in [0.15, 0.2) is 0 Å². The fourth-order valence-electron chi connectivity index (χ4n) is 2.30. The normalized spacial score (nSPS) is 11.7. The number of hydrogen-bond donors (Lipinski definition) is 0. The summed E-state index contributed by atoms with van der Waals surface area (Å²) in [5, 5.41) is 5.47. The highest BCUT2D eigenvalue weighted by molar-refractivity contribution is 14.1. The number of aromatic nitrogens is 2. The summed E-state index contributed by atoms with van der Waals surface area (Å²) in [4.78, 5) is 12.2. The van der Waals surface area contributed by atoms with Crippen molar-refractivity contribution in [3.8, 4) is 0 Å². The van der Waals surface area contributed by atoms with Crippen molar-refractivity contribution in [1.29, 1.82) is 0 Å². The highest BCUT2D eigenvalue weighted by atomic mass is 127. The maximum absolute atomic E-state index is 12.2. The van der Waals surface area contributed by atoms with E-state index in [0.29, 0.717) is 13.2 Å². The van der Waals surface area contributed by atoms with Crippen LogP contribution in [-0.2, 0) is 27.4 Å². The van der Waals surface area contributed by atoms with Gasteiger partial charge >= 0.3 is 5.97 Å². The van der Waals surface area contributed by atoms with Gasteiger partial charge in [-0.1, -0.05) is 22.0 Å². The van der Waals surface area contributed by atoms with Gasteiger partial charge in [-0.3, -0.25) is 9.48 Å². The van der Waals surface area contributed by atoms with Crippen molar-refractivity contribution < 1.29 is 14.3 Å². The number of ether oxygens (including phenoxy) is 2. The third kappa shape index (κ3) is 5.03. The van der Waals surface area contributed by atoms with Crippen molar-refractivity contribution in [1.82, 2.24) is 9.78 Å². The Kier molecular flexibility index (Phi) is 6.44. The van der Waals surface area contributed by atoms with E-state index in [-0.39, 0.29) is 12.5 Å². The van der Waals surface area contributed by atoms with E-state index in [1.54, 1.807) is 10.8 Å². The van der Waals surface area contributed by atoms with Crippen LogP contribution >= 0.6 is 38.5 Å². The Morgan fingerprint density at radius 2 is 2.17 bits per heavy atom. The molecule has 0 fully saturated rings. The van der Waals surface area contributed by atoms with Crippen molar-refractivity contribution in [2.24, 2.45) is 0 Å². The number of rotatable bonds is 6. The Morgan fingerprint density at radius 3 is 2.79 bits per heavy atom. The Hall–Kier alpha value is -0.930. The first-order valence-electron chi connectivity index (χ1n) is 7.46. The largest absolute Gasteiger partial charge is 0.459 e. The lowest BCUT2D eigenvalue weighted by Crippen LogP contribution is -2.27. The average molecular weight is 507 g/mol. The van der Waals surface area contributed by atoms with Gasteiger partial charge in [0.2, 0.25) is 0 Å². The SMILES string of the molecule is C=CCOCc1cc(Br)cc2c(I)nn(CC(=O)OC(C)(C)C)c12. The standard InChI is InChI=1S/C17H20BrIN2O3/c1-5-6-23-10-11-7-12(18)8-13-15(11)21(20-16(13)19)9-14(22)24-17(2,3)4/h5,7-8H,1,6,9-10H2,2-4H3. The molecule has 0 aliphatic heterocycles. The lowest BCUT2D eigenvalue weighted by atomic mass is 10.1. The number of hydrogen-bond acceptors (Lipinski definition) is 4. The Morgan fingerprint density at radius 1 is 1.46 bits per heavy atom. The van der Waals surface area contributed by atoms with E-state index < -0.39 is 5.60 Å². The van der Waals surface area contributed by atoms with E-state index in [9.17, 15) is 4.79 Å². The molecule has 0 spiro atoms. The lowest BCUT2D eigenvalue weighted by Gasteiger charge is -2.19. The number of carbonyl (C=O) groups excluding carboxylic acids is 1. The van der Waals surface area contributed by atoms with Gasteiger partial charge in [-0.05, 0) is 55.5 Å². The Balaban J connectivity index is 2.39. The molecule has 0 atom stereocenters. The van der Waals surface area contributed by atoms with E-state index >= 15 is 0 Å². The van der Waals surface area contributed by atoms with Crippen LogP contribution in [0.3, 0.4) is 0 Å². The average Bonchev–Trinajstić information content (AvgIpc) is 2.73. The van der Waals surface area contributed by atoms with Gasteiger partial charge in [0, 0.05) is 15.4 Å². The highest BCUT2D eigenvalue weighted by Gasteiger charge is 2.20. The first-order valence-corrected chi connectivity index (χ1v) is 9.33. The maximum Gasteiger partial charge on any atom is 0.328 e. The van der Waals surface area contributed by atoms with Crippen LogP contribution in [0.2, 0.25) is 0 Å². The van der Waals surface area contributed by atoms with Gasteiger partial charge in [-0.25, -0.2) is 0 Å². The van der Waals surface area contributed by atoms with Crippen molar-refractivity contribution >= 4 is 55.4 Å². The smallest absolute Gasteiger partial charge is 0.328 e. The van der Waals surface area contributed by atoms with E-state index in [0.717, 1.165) is 24.6 Å².